The highest BCUT2D eigenvalue weighted by Crippen LogP contribution is 2.18. The zero-order chi connectivity index (χ0) is 18.7. The number of nitrogens with zero attached hydrogens (tertiary/aromatic N) is 1. The summed E-state index contributed by atoms with van der Waals surface area (Å²) < 4.78 is 5.37. The zero-order valence-corrected chi connectivity index (χ0v) is 16.6. The lowest BCUT2D eigenvalue weighted by molar-refractivity contribution is 0.0257. The first-order chi connectivity index (χ1) is 12.6. The molecule has 0 atom stereocenters. The van der Waals surface area contributed by atoms with Gasteiger partial charge in [-0.25, -0.2) is 4.99 Å². The number of rotatable bonds is 11. The second kappa shape index (κ2) is 11.0. The van der Waals surface area contributed by atoms with E-state index in [0.717, 1.165) is 50.4 Å². The smallest absolute Gasteiger partial charge is 0.191 e. The molecule has 0 aromatic carbocycles. The first-order valence-electron chi connectivity index (χ1n) is 9.44. The molecule has 0 bridgehead atoms. The maximum Gasteiger partial charge on any atom is 0.191 e. The quantitative estimate of drug-likeness (QED) is 0.410. The predicted molar refractivity (Wildman–Crippen MR) is 109 cm³/mol. The van der Waals surface area contributed by atoms with E-state index in [2.05, 4.69) is 40.9 Å². The van der Waals surface area contributed by atoms with Gasteiger partial charge in [0.2, 0.25) is 0 Å². The van der Waals surface area contributed by atoms with Gasteiger partial charge in [-0.15, -0.1) is 11.3 Å². The number of aliphatic hydroxyl groups is 1. The van der Waals surface area contributed by atoms with E-state index in [9.17, 15) is 5.11 Å². The normalized spacial score (nSPS) is 12.3. The molecule has 2 aromatic heterocycles. The van der Waals surface area contributed by atoms with Gasteiger partial charge < -0.3 is 20.2 Å². The summed E-state index contributed by atoms with van der Waals surface area (Å²) in [5.74, 6) is 1.68. The Morgan fingerprint density at radius 3 is 2.62 bits per heavy atom. The minimum atomic E-state index is -0.685. The van der Waals surface area contributed by atoms with Gasteiger partial charge in [-0.3, -0.25) is 0 Å². The monoisotopic (exact) mass is 377 g/mol. The van der Waals surface area contributed by atoms with Gasteiger partial charge in [0.15, 0.2) is 5.96 Å². The molecule has 5 nitrogen and oxygen atoms in total. The Kier molecular flexibility index (Phi) is 8.71. The topological polar surface area (TPSA) is 69.8 Å². The Hall–Kier alpha value is -1.79. The van der Waals surface area contributed by atoms with E-state index in [0.29, 0.717) is 13.1 Å². The van der Waals surface area contributed by atoms with Crippen LogP contribution in [0.5, 0.6) is 0 Å². The van der Waals surface area contributed by atoms with Gasteiger partial charge in [0.05, 0.1) is 18.4 Å². The maximum absolute atomic E-state index is 10.8. The Labute approximate surface area is 160 Å². The molecule has 26 heavy (non-hydrogen) atoms. The number of guanidine groups is 1. The fourth-order valence-electron chi connectivity index (χ4n) is 2.97. The second-order valence-electron chi connectivity index (χ2n) is 6.58. The largest absolute Gasteiger partial charge is 0.469 e. The second-order valence-corrected chi connectivity index (χ2v) is 7.61. The third kappa shape index (κ3) is 7.22. The first-order valence-corrected chi connectivity index (χ1v) is 10.3. The standard InChI is InChI=1S/C20H31N3O2S/c1-3-10-20(24,11-4-2)16-23-19(22-15-18-8-6-14-26-18)21-12-9-17-7-5-13-25-17/h5-8,13-14,24H,3-4,9-12,15-16H2,1-2H3,(H2,21,22,23). The van der Waals surface area contributed by atoms with Crippen LogP contribution in [0.15, 0.2) is 45.3 Å². The van der Waals surface area contributed by atoms with E-state index < -0.39 is 5.60 Å². The lowest BCUT2D eigenvalue weighted by Gasteiger charge is -2.28. The van der Waals surface area contributed by atoms with Crippen molar-refractivity contribution in [1.82, 2.24) is 10.6 Å². The minimum Gasteiger partial charge on any atom is -0.469 e. The van der Waals surface area contributed by atoms with Gasteiger partial charge >= 0.3 is 0 Å². The number of aliphatic imine (C=N–C) groups is 1. The average molecular weight is 378 g/mol. The van der Waals surface area contributed by atoms with E-state index >= 15 is 0 Å². The minimum absolute atomic E-state index is 0.506. The summed E-state index contributed by atoms with van der Waals surface area (Å²) in [6.07, 6.45) is 5.99. The van der Waals surface area contributed by atoms with Gasteiger partial charge in [0.25, 0.3) is 0 Å². The van der Waals surface area contributed by atoms with Crippen LogP contribution < -0.4 is 10.6 Å². The molecular weight excluding hydrogens is 346 g/mol. The van der Waals surface area contributed by atoms with Crippen LogP contribution >= 0.6 is 11.3 Å². The van der Waals surface area contributed by atoms with Crippen LogP contribution in [0.2, 0.25) is 0 Å². The molecule has 0 aliphatic heterocycles. The fraction of sp³-hybridized carbons (Fsp3) is 0.550. The Morgan fingerprint density at radius 2 is 2.00 bits per heavy atom. The highest BCUT2D eigenvalue weighted by molar-refractivity contribution is 7.09. The Balaban J connectivity index is 1.93. The molecule has 2 rings (SSSR count). The van der Waals surface area contributed by atoms with Crippen molar-refractivity contribution >= 4 is 17.3 Å². The third-order valence-corrected chi connectivity index (χ3v) is 5.09. The van der Waals surface area contributed by atoms with Gasteiger partial charge in [-0.1, -0.05) is 32.8 Å². The highest BCUT2D eigenvalue weighted by Gasteiger charge is 2.24. The SMILES string of the molecule is CCCC(O)(CCC)CNC(=NCc1cccs1)NCCc1ccco1. The van der Waals surface area contributed by atoms with E-state index in [-0.39, 0.29) is 0 Å². The van der Waals surface area contributed by atoms with Crippen molar-refractivity contribution < 1.29 is 9.52 Å². The van der Waals surface area contributed by atoms with E-state index in [4.69, 9.17) is 4.42 Å². The van der Waals surface area contributed by atoms with Crippen LogP contribution in [0.4, 0.5) is 0 Å². The molecule has 0 unspecified atom stereocenters. The summed E-state index contributed by atoms with van der Waals surface area (Å²) in [6.45, 7) is 6.07. The van der Waals surface area contributed by atoms with Crippen molar-refractivity contribution in [2.75, 3.05) is 13.1 Å². The molecule has 0 aliphatic carbocycles. The Bertz CT molecular complexity index is 618. The molecule has 0 fully saturated rings. The molecule has 0 spiro atoms. The van der Waals surface area contributed by atoms with Crippen molar-refractivity contribution in [2.45, 2.75) is 58.1 Å². The van der Waals surface area contributed by atoms with Crippen LogP contribution in [0, 0.1) is 0 Å². The molecular formula is C20H31N3O2S. The molecule has 0 aliphatic rings. The average Bonchev–Trinajstić information content (AvgIpc) is 3.31. The fourth-order valence-corrected chi connectivity index (χ4v) is 3.60. The van der Waals surface area contributed by atoms with Crippen molar-refractivity contribution in [1.29, 1.82) is 0 Å². The van der Waals surface area contributed by atoms with Gasteiger partial charge in [0, 0.05) is 24.4 Å². The van der Waals surface area contributed by atoms with Crippen molar-refractivity contribution in [3.8, 4) is 0 Å². The lowest BCUT2D eigenvalue weighted by Crippen LogP contribution is -2.47. The molecule has 144 valence electrons. The molecule has 0 saturated heterocycles. The third-order valence-electron chi connectivity index (χ3n) is 4.23. The van der Waals surface area contributed by atoms with Crippen molar-refractivity contribution in [2.24, 2.45) is 4.99 Å². The molecule has 6 heteroatoms. The van der Waals surface area contributed by atoms with Crippen LogP contribution in [-0.2, 0) is 13.0 Å². The first kappa shape index (κ1) is 20.5. The molecule has 2 heterocycles. The van der Waals surface area contributed by atoms with Crippen molar-refractivity contribution in [3.63, 3.8) is 0 Å². The van der Waals surface area contributed by atoms with Gasteiger partial charge in [0.1, 0.15) is 5.76 Å². The lowest BCUT2D eigenvalue weighted by atomic mass is 9.93. The Morgan fingerprint density at radius 1 is 1.19 bits per heavy atom. The number of furan rings is 1. The predicted octanol–water partition coefficient (Wildman–Crippen LogP) is 3.95. The van der Waals surface area contributed by atoms with Crippen LogP contribution in [0.25, 0.3) is 0 Å². The van der Waals surface area contributed by atoms with Gasteiger partial charge in [-0.2, -0.15) is 0 Å². The number of hydrogen-bond donors (Lipinski definition) is 3. The molecule has 0 saturated carbocycles. The summed E-state index contributed by atoms with van der Waals surface area (Å²) in [5.41, 5.74) is -0.685. The number of thiophene rings is 1. The summed E-state index contributed by atoms with van der Waals surface area (Å²) in [7, 11) is 0. The molecule has 2 aromatic rings. The summed E-state index contributed by atoms with van der Waals surface area (Å²) in [6, 6.07) is 7.99. The summed E-state index contributed by atoms with van der Waals surface area (Å²) >= 11 is 1.70. The van der Waals surface area contributed by atoms with Crippen LogP contribution in [-0.4, -0.2) is 29.8 Å². The molecule has 0 radical (unpaired) electrons. The van der Waals surface area contributed by atoms with E-state index in [1.165, 1.54) is 4.88 Å². The summed E-state index contributed by atoms with van der Waals surface area (Å²) in [5, 5.41) is 19.6. The highest BCUT2D eigenvalue weighted by atomic mass is 32.1. The molecule has 0 amide bonds. The van der Waals surface area contributed by atoms with Crippen LogP contribution in [0.1, 0.15) is 50.2 Å². The van der Waals surface area contributed by atoms with Gasteiger partial charge in [-0.05, 0) is 36.4 Å². The maximum atomic E-state index is 10.8. The number of hydrogen-bond acceptors (Lipinski definition) is 4. The van der Waals surface area contributed by atoms with E-state index in [1.54, 1.807) is 17.6 Å². The number of nitrogens with one attached hydrogen (secondary N) is 2. The van der Waals surface area contributed by atoms with Crippen molar-refractivity contribution in [3.05, 3.63) is 46.5 Å². The van der Waals surface area contributed by atoms with E-state index in [1.807, 2.05) is 18.2 Å². The molecule has 3 N–H and O–H groups in total. The van der Waals surface area contributed by atoms with Crippen LogP contribution in [0.3, 0.4) is 0 Å². The summed E-state index contributed by atoms with van der Waals surface area (Å²) in [4.78, 5) is 5.89. The zero-order valence-electron chi connectivity index (χ0n) is 15.8.